The molecule has 0 amide bonds. The molecule has 1 atom stereocenters. The molecule has 5 heteroatoms. The SMILES string of the molecule is CCOCC(C)n1c(-c2ccccc2)n[nH]c1=S. The summed E-state index contributed by atoms with van der Waals surface area (Å²) in [6, 6.07) is 10.2. The van der Waals surface area contributed by atoms with Crippen LogP contribution >= 0.6 is 12.2 Å². The fourth-order valence-electron chi connectivity index (χ4n) is 1.87. The largest absolute Gasteiger partial charge is 0.380 e. The first-order valence-electron chi connectivity index (χ1n) is 6.04. The van der Waals surface area contributed by atoms with Crippen molar-refractivity contribution in [3.8, 4) is 11.4 Å². The van der Waals surface area contributed by atoms with Crippen molar-refractivity contribution in [2.24, 2.45) is 0 Å². The number of rotatable bonds is 5. The first-order valence-corrected chi connectivity index (χ1v) is 6.45. The molecule has 1 N–H and O–H groups in total. The summed E-state index contributed by atoms with van der Waals surface area (Å²) < 4.78 is 8.08. The average molecular weight is 263 g/mol. The fourth-order valence-corrected chi connectivity index (χ4v) is 2.18. The number of benzene rings is 1. The van der Waals surface area contributed by atoms with Gasteiger partial charge in [-0.2, -0.15) is 5.10 Å². The summed E-state index contributed by atoms with van der Waals surface area (Å²) in [6.45, 7) is 5.40. The Balaban J connectivity index is 2.36. The highest BCUT2D eigenvalue weighted by atomic mass is 32.1. The molecule has 18 heavy (non-hydrogen) atoms. The second-order valence-corrected chi connectivity index (χ2v) is 4.48. The molecule has 0 aliphatic carbocycles. The maximum absolute atomic E-state index is 5.46. The third kappa shape index (κ3) is 2.68. The lowest BCUT2D eigenvalue weighted by Crippen LogP contribution is -2.13. The second-order valence-electron chi connectivity index (χ2n) is 4.10. The van der Waals surface area contributed by atoms with E-state index in [0.29, 0.717) is 18.0 Å². The fraction of sp³-hybridized carbons (Fsp3) is 0.385. The van der Waals surface area contributed by atoms with Gasteiger partial charge in [0.2, 0.25) is 0 Å². The zero-order valence-electron chi connectivity index (χ0n) is 10.6. The first-order chi connectivity index (χ1) is 8.74. The van der Waals surface area contributed by atoms with Gasteiger partial charge in [0.15, 0.2) is 10.6 Å². The summed E-state index contributed by atoms with van der Waals surface area (Å²) in [4.78, 5) is 0. The third-order valence-electron chi connectivity index (χ3n) is 2.74. The van der Waals surface area contributed by atoms with Gasteiger partial charge in [-0.15, -0.1) is 0 Å². The zero-order valence-corrected chi connectivity index (χ0v) is 11.4. The molecule has 0 radical (unpaired) electrons. The molecule has 1 heterocycles. The Morgan fingerprint density at radius 3 is 2.78 bits per heavy atom. The Kier molecular flexibility index (Phi) is 4.28. The molecule has 0 fully saturated rings. The van der Waals surface area contributed by atoms with Crippen LogP contribution in [0.5, 0.6) is 0 Å². The Bertz CT molecular complexity index is 547. The average Bonchev–Trinajstić information content (AvgIpc) is 2.79. The van der Waals surface area contributed by atoms with Crippen LogP contribution in [-0.2, 0) is 4.74 Å². The molecule has 0 bridgehead atoms. The van der Waals surface area contributed by atoms with Gasteiger partial charge in [-0.3, -0.25) is 9.67 Å². The maximum atomic E-state index is 5.46. The summed E-state index contributed by atoms with van der Waals surface area (Å²) in [5.41, 5.74) is 1.05. The van der Waals surface area contributed by atoms with E-state index in [2.05, 4.69) is 17.1 Å². The third-order valence-corrected chi connectivity index (χ3v) is 3.03. The minimum absolute atomic E-state index is 0.159. The van der Waals surface area contributed by atoms with Crippen molar-refractivity contribution in [2.75, 3.05) is 13.2 Å². The van der Waals surface area contributed by atoms with Gasteiger partial charge in [0.25, 0.3) is 0 Å². The molecule has 2 aromatic rings. The van der Waals surface area contributed by atoms with Crippen molar-refractivity contribution in [3.63, 3.8) is 0 Å². The van der Waals surface area contributed by atoms with Crippen LogP contribution in [0, 0.1) is 4.77 Å². The number of hydrogen-bond acceptors (Lipinski definition) is 3. The van der Waals surface area contributed by atoms with E-state index in [1.54, 1.807) is 0 Å². The summed E-state index contributed by atoms with van der Waals surface area (Å²) >= 11 is 5.29. The topological polar surface area (TPSA) is 42.8 Å². The van der Waals surface area contributed by atoms with Gasteiger partial charge in [0.05, 0.1) is 12.6 Å². The Morgan fingerprint density at radius 2 is 2.11 bits per heavy atom. The van der Waals surface area contributed by atoms with E-state index < -0.39 is 0 Å². The first kappa shape index (κ1) is 13.0. The van der Waals surface area contributed by atoms with Crippen LogP contribution in [0.25, 0.3) is 11.4 Å². The number of nitrogens with zero attached hydrogens (tertiary/aromatic N) is 2. The van der Waals surface area contributed by atoms with Crippen LogP contribution in [-0.4, -0.2) is 28.0 Å². The number of aromatic nitrogens is 3. The van der Waals surface area contributed by atoms with Crippen LogP contribution in [0.1, 0.15) is 19.9 Å². The van der Waals surface area contributed by atoms with Gasteiger partial charge in [-0.05, 0) is 26.1 Å². The molecule has 96 valence electrons. The Morgan fingerprint density at radius 1 is 1.39 bits per heavy atom. The monoisotopic (exact) mass is 263 g/mol. The normalized spacial score (nSPS) is 12.6. The van der Waals surface area contributed by atoms with Gasteiger partial charge >= 0.3 is 0 Å². The lowest BCUT2D eigenvalue weighted by molar-refractivity contribution is 0.119. The Hall–Kier alpha value is -1.46. The Labute approximate surface area is 112 Å². The summed E-state index contributed by atoms with van der Waals surface area (Å²) in [5, 5.41) is 7.16. The van der Waals surface area contributed by atoms with Crippen molar-refractivity contribution in [2.45, 2.75) is 19.9 Å². The molecule has 0 saturated heterocycles. The summed E-state index contributed by atoms with van der Waals surface area (Å²) in [5.74, 6) is 0.854. The summed E-state index contributed by atoms with van der Waals surface area (Å²) in [6.07, 6.45) is 0. The molecule has 4 nitrogen and oxygen atoms in total. The molecular weight excluding hydrogens is 246 g/mol. The highest BCUT2D eigenvalue weighted by Crippen LogP contribution is 2.20. The van der Waals surface area contributed by atoms with E-state index in [9.17, 15) is 0 Å². The van der Waals surface area contributed by atoms with Gasteiger partial charge in [0, 0.05) is 12.2 Å². The predicted octanol–water partition coefficient (Wildman–Crippen LogP) is 3.21. The van der Waals surface area contributed by atoms with E-state index >= 15 is 0 Å². The van der Waals surface area contributed by atoms with E-state index in [4.69, 9.17) is 17.0 Å². The molecule has 1 aromatic carbocycles. The van der Waals surface area contributed by atoms with Crippen LogP contribution < -0.4 is 0 Å². The van der Waals surface area contributed by atoms with Gasteiger partial charge in [-0.25, -0.2) is 0 Å². The van der Waals surface area contributed by atoms with E-state index in [1.807, 2.05) is 41.8 Å². The molecule has 0 aliphatic heterocycles. The lowest BCUT2D eigenvalue weighted by Gasteiger charge is -2.15. The smallest absolute Gasteiger partial charge is 0.195 e. The van der Waals surface area contributed by atoms with Crippen LogP contribution in [0.2, 0.25) is 0 Å². The van der Waals surface area contributed by atoms with Crippen molar-refractivity contribution in [1.29, 1.82) is 0 Å². The van der Waals surface area contributed by atoms with E-state index in [0.717, 1.165) is 11.4 Å². The van der Waals surface area contributed by atoms with Gasteiger partial charge in [0.1, 0.15) is 0 Å². The quantitative estimate of drug-likeness (QED) is 0.842. The van der Waals surface area contributed by atoms with Crippen LogP contribution in [0.4, 0.5) is 0 Å². The highest BCUT2D eigenvalue weighted by molar-refractivity contribution is 7.71. The highest BCUT2D eigenvalue weighted by Gasteiger charge is 2.14. The van der Waals surface area contributed by atoms with Crippen molar-refractivity contribution < 1.29 is 4.74 Å². The molecule has 0 aliphatic rings. The second kappa shape index (κ2) is 5.93. The molecule has 0 spiro atoms. The zero-order chi connectivity index (χ0) is 13.0. The molecule has 0 saturated carbocycles. The number of nitrogens with one attached hydrogen (secondary N) is 1. The van der Waals surface area contributed by atoms with Crippen molar-refractivity contribution in [1.82, 2.24) is 14.8 Å². The van der Waals surface area contributed by atoms with Gasteiger partial charge in [-0.1, -0.05) is 30.3 Å². The molecule has 2 rings (SSSR count). The van der Waals surface area contributed by atoms with Crippen LogP contribution in [0.3, 0.4) is 0 Å². The molecule has 1 aromatic heterocycles. The molecule has 1 unspecified atom stereocenters. The minimum atomic E-state index is 0.159. The van der Waals surface area contributed by atoms with Crippen molar-refractivity contribution >= 4 is 12.2 Å². The lowest BCUT2D eigenvalue weighted by atomic mass is 10.2. The number of H-pyrrole nitrogens is 1. The van der Waals surface area contributed by atoms with E-state index in [1.165, 1.54) is 0 Å². The number of aromatic amines is 1. The van der Waals surface area contributed by atoms with Gasteiger partial charge < -0.3 is 4.74 Å². The standard InChI is InChI=1S/C13H17N3OS/c1-3-17-9-10(2)16-12(14-15-13(16)18)11-7-5-4-6-8-11/h4-8,10H,3,9H2,1-2H3,(H,15,18). The minimum Gasteiger partial charge on any atom is -0.380 e. The predicted molar refractivity (Wildman–Crippen MR) is 74.1 cm³/mol. The number of hydrogen-bond donors (Lipinski definition) is 1. The molecular formula is C13H17N3OS. The maximum Gasteiger partial charge on any atom is 0.195 e. The van der Waals surface area contributed by atoms with E-state index in [-0.39, 0.29) is 6.04 Å². The number of ether oxygens (including phenoxy) is 1. The van der Waals surface area contributed by atoms with Crippen LogP contribution in [0.15, 0.2) is 30.3 Å². The summed E-state index contributed by atoms with van der Waals surface area (Å²) in [7, 11) is 0. The van der Waals surface area contributed by atoms with Crippen molar-refractivity contribution in [3.05, 3.63) is 35.1 Å².